The highest BCUT2D eigenvalue weighted by atomic mass is 15.3. The Bertz CT molecular complexity index is 374. The van der Waals surface area contributed by atoms with Crippen LogP contribution in [0.15, 0.2) is 11.3 Å². The van der Waals surface area contributed by atoms with Gasteiger partial charge in [0, 0.05) is 18.5 Å². The molecule has 0 bridgehead atoms. The minimum Gasteiger partial charge on any atom is -0.370 e. The van der Waals surface area contributed by atoms with Crippen molar-refractivity contribution in [3.05, 3.63) is 12.2 Å². The molecule has 1 heterocycles. The van der Waals surface area contributed by atoms with Crippen LogP contribution in [0, 0.1) is 0 Å². The fourth-order valence-electron chi connectivity index (χ4n) is 1.44. The van der Waals surface area contributed by atoms with Crippen molar-refractivity contribution >= 4 is 5.96 Å². The monoisotopic (exact) mass is 238 g/mol. The molecule has 0 fully saturated rings. The Kier molecular flexibility index (Phi) is 4.48. The first-order chi connectivity index (χ1) is 7.92. The number of hydrogen-bond donors (Lipinski definition) is 2. The largest absolute Gasteiger partial charge is 0.370 e. The molecule has 0 unspecified atom stereocenters. The van der Waals surface area contributed by atoms with Crippen LogP contribution in [0.4, 0.5) is 0 Å². The quantitative estimate of drug-likeness (QED) is 0.592. The van der Waals surface area contributed by atoms with E-state index >= 15 is 0 Å². The molecule has 0 atom stereocenters. The standard InChI is InChI=1S/C11H22N6/c1-5-9-16-14-8-17(9)7-6-13-10(12)15-11(2,3)4/h8H,5-7H2,1-4H3,(H3,12,13,15). The van der Waals surface area contributed by atoms with Gasteiger partial charge in [0.2, 0.25) is 0 Å². The number of guanidine groups is 1. The smallest absolute Gasteiger partial charge is 0.189 e. The molecule has 96 valence electrons. The Labute approximate surface area is 102 Å². The molecule has 3 N–H and O–H groups in total. The van der Waals surface area contributed by atoms with E-state index in [2.05, 4.69) is 27.4 Å². The predicted octanol–water partition coefficient (Wildman–Crippen LogP) is 0.543. The molecule has 0 amide bonds. The molecule has 0 aliphatic rings. The van der Waals surface area contributed by atoms with Crippen LogP contribution in [-0.4, -0.2) is 32.8 Å². The van der Waals surface area contributed by atoms with Crippen molar-refractivity contribution in [2.24, 2.45) is 10.7 Å². The number of aliphatic imine (C=N–C) groups is 1. The molecule has 6 nitrogen and oxygen atoms in total. The first kappa shape index (κ1) is 13.5. The summed E-state index contributed by atoms with van der Waals surface area (Å²) in [7, 11) is 0. The van der Waals surface area contributed by atoms with Crippen LogP contribution in [0.2, 0.25) is 0 Å². The molecule has 1 aromatic rings. The first-order valence-corrected chi connectivity index (χ1v) is 5.87. The Morgan fingerprint density at radius 2 is 2.24 bits per heavy atom. The number of hydrogen-bond acceptors (Lipinski definition) is 3. The van der Waals surface area contributed by atoms with Crippen LogP contribution >= 0.6 is 0 Å². The lowest BCUT2D eigenvalue weighted by Gasteiger charge is -2.21. The zero-order valence-electron chi connectivity index (χ0n) is 11.1. The summed E-state index contributed by atoms with van der Waals surface area (Å²) in [4.78, 5) is 4.27. The topological polar surface area (TPSA) is 81.1 Å². The molecule has 1 rings (SSSR count). The van der Waals surface area contributed by atoms with Gasteiger partial charge in [-0.15, -0.1) is 10.2 Å². The van der Waals surface area contributed by atoms with Crippen molar-refractivity contribution in [2.75, 3.05) is 6.54 Å². The van der Waals surface area contributed by atoms with Gasteiger partial charge in [0.15, 0.2) is 5.96 Å². The molecule has 0 aliphatic heterocycles. The van der Waals surface area contributed by atoms with Crippen LogP contribution in [0.25, 0.3) is 0 Å². The van der Waals surface area contributed by atoms with Gasteiger partial charge in [-0.1, -0.05) is 6.92 Å². The Hall–Kier alpha value is -1.59. The average molecular weight is 238 g/mol. The van der Waals surface area contributed by atoms with Gasteiger partial charge in [-0.25, -0.2) is 0 Å². The highest BCUT2D eigenvalue weighted by molar-refractivity contribution is 5.78. The van der Waals surface area contributed by atoms with Crippen molar-refractivity contribution in [2.45, 2.75) is 46.2 Å². The Balaban J connectivity index is 2.44. The zero-order chi connectivity index (χ0) is 12.9. The van der Waals surface area contributed by atoms with E-state index in [4.69, 9.17) is 5.73 Å². The molecule has 0 saturated carbocycles. The maximum atomic E-state index is 5.77. The Morgan fingerprint density at radius 3 is 2.82 bits per heavy atom. The molecule has 0 radical (unpaired) electrons. The van der Waals surface area contributed by atoms with Crippen LogP contribution in [0.5, 0.6) is 0 Å². The third-order valence-corrected chi connectivity index (χ3v) is 2.14. The first-order valence-electron chi connectivity index (χ1n) is 5.87. The number of aryl methyl sites for hydroxylation is 1. The van der Waals surface area contributed by atoms with E-state index in [9.17, 15) is 0 Å². The van der Waals surface area contributed by atoms with Crippen LogP contribution in [0.1, 0.15) is 33.5 Å². The lowest BCUT2D eigenvalue weighted by molar-refractivity contribution is 0.507. The molecule has 17 heavy (non-hydrogen) atoms. The number of nitrogens with zero attached hydrogens (tertiary/aromatic N) is 4. The van der Waals surface area contributed by atoms with Gasteiger partial charge in [0.1, 0.15) is 12.2 Å². The van der Waals surface area contributed by atoms with Gasteiger partial charge in [-0.05, 0) is 20.8 Å². The molecule has 0 aromatic carbocycles. The minimum atomic E-state index is -0.0568. The lowest BCUT2D eigenvalue weighted by atomic mass is 10.1. The summed E-state index contributed by atoms with van der Waals surface area (Å²) in [6.45, 7) is 9.57. The summed E-state index contributed by atoms with van der Waals surface area (Å²) < 4.78 is 1.99. The lowest BCUT2D eigenvalue weighted by Crippen LogP contribution is -2.45. The zero-order valence-corrected chi connectivity index (χ0v) is 11.1. The highest BCUT2D eigenvalue weighted by Crippen LogP contribution is 1.98. The van der Waals surface area contributed by atoms with Gasteiger partial charge in [0.25, 0.3) is 0 Å². The van der Waals surface area contributed by atoms with Gasteiger partial charge in [0.05, 0.1) is 6.54 Å². The third kappa shape index (κ3) is 4.84. The maximum Gasteiger partial charge on any atom is 0.189 e. The molecule has 0 spiro atoms. The van der Waals surface area contributed by atoms with E-state index in [-0.39, 0.29) is 5.54 Å². The maximum absolute atomic E-state index is 5.77. The molecule has 6 heteroatoms. The summed E-state index contributed by atoms with van der Waals surface area (Å²) >= 11 is 0. The van der Waals surface area contributed by atoms with Gasteiger partial charge in [-0.3, -0.25) is 4.99 Å². The van der Waals surface area contributed by atoms with Crippen LogP contribution in [0.3, 0.4) is 0 Å². The average Bonchev–Trinajstić information content (AvgIpc) is 2.62. The van der Waals surface area contributed by atoms with Crippen molar-refractivity contribution in [3.63, 3.8) is 0 Å². The van der Waals surface area contributed by atoms with Crippen molar-refractivity contribution < 1.29 is 0 Å². The summed E-state index contributed by atoms with van der Waals surface area (Å²) in [6.07, 6.45) is 2.60. The SMILES string of the molecule is CCc1nncn1CCN=C(N)NC(C)(C)C. The Morgan fingerprint density at radius 1 is 1.53 bits per heavy atom. The number of nitrogens with two attached hydrogens (primary N) is 1. The second-order valence-electron chi connectivity index (χ2n) is 4.94. The van der Waals surface area contributed by atoms with Crippen LogP contribution < -0.4 is 11.1 Å². The van der Waals surface area contributed by atoms with E-state index in [1.54, 1.807) is 6.33 Å². The normalized spacial score (nSPS) is 12.8. The number of aromatic nitrogens is 3. The highest BCUT2D eigenvalue weighted by Gasteiger charge is 2.09. The fourth-order valence-corrected chi connectivity index (χ4v) is 1.44. The van der Waals surface area contributed by atoms with Gasteiger partial charge >= 0.3 is 0 Å². The fraction of sp³-hybridized carbons (Fsp3) is 0.727. The summed E-state index contributed by atoms with van der Waals surface area (Å²) in [5.74, 6) is 1.45. The van der Waals surface area contributed by atoms with Crippen molar-refractivity contribution in [1.29, 1.82) is 0 Å². The van der Waals surface area contributed by atoms with E-state index in [0.717, 1.165) is 18.8 Å². The van der Waals surface area contributed by atoms with E-state index < -0.39 is 0 Å². The number of nitrogens with one attached hydrogen (secondary N) is 1. The minimum absolute atomic E-state index is 0.0568. The number of rotatable bonds is 4. The molecule has 0 saturated heterocycles. The molecular formula is C11H22N6. The predicted molar refractivity (Wildman–Crippen MR) is 68.8 cm³/mol. The summed E-state index contributed by atoms with van der Waals surface area (Å²) in [6, 6.07) is 0. The van der Waals surface area contributed by atoms with Gasteiger partial charge < -0.3 is 15.6 Å². The third-order valence-electron chi connectivity index (χ3n) is 2.14. The summed E-state index contributed by atoms with van der Waals surface area (Å²) in [5, 5.41) is 11.0. The van der Waals surface area contributed by atoms with Gasteiger partial charge in [-0.2, -0.15) is 0 Å². The second-order valence-corrected chi connectivity index (χ2v) is 4.94. The van der Waals surface area contributed by atoms with E-state index in [1.165, 1.54) is 0 Å². The summed E-state index contributed by atoms with van der Waals surface area (Å²) in [5.41, 5.74) is 5.71. The molecule has 0 aliphatic carbocycles. The van der Waals surface area contributed by atoms with Crippen molar-refractivity contribution in [1.82, 2.24) is 20.1 Å². The van der Waals surface area contributed by atoms with E-state index in [0.29, 0.717) is 12.5 Å². The molecular weight excluding hydrogens is 216 g/mol. The van der Waals surface area contributed by atoms with Crippen LogP contribution in [-0.2, 0) is 13.0 Å². The molecule has 1 aromatic heterocycles. The second kappa shape index (κ2) is 5.65. The van der Waals surface area contributed by atoms with E-state index in [1.807, 2.05) is 25.3 Å². The van der Waals surface area contributed by atoms with Crippen molar-refractivity contribution in [3.8, 4) is 0 Å².